The number of hydrogen-bond acceptors (Lipinski definition) is 3. The first kappa shape index (κ1) is 27.9. The highest BCUT2D eigenvalue weighted by Gasteiger charge is 2.23. The number of nitrogens with zero attached hydrogens (tertiary/aromatic N) is 1. The van der Waals surface area contributed by atoms with Crippen LogP contribution >= 0.6 is 11.3 Å². The Balaban J connectivity index is 1.25. The molecule has 0 unspecified atom stereocenters. The predicted octanol–water partition coefficient (Wildman–Crippen LogP) is 13.9. The van der Waals surface area contributed by atoms with E-state index in [1.807, 2.05) is 17.4 Å². The maximum absolute atomic E-state index is 6.65. The molecule has 0 spiro atoms. The van der Waals surface area contributed by atoms with Crippen LogP contribution in [0.25, 0.3) is 75.1 Å². The van der Waals surface area contributed by atoms with Crippen molar-refractivity contribution in [3.8, 4) is 22.3 Å². The second-order valence-corrected chi connectivity index (χ2v) is 13.5. The zero-order valence-electron chi connectivity index (χ0n) is 26.5. The van der Waals surface area contributed by atoms with Crippen LogP contribution in [0.3, 0.4) is 0 Å². The van der Waals surface area contributed by atoms with Crippen molar-refractivity contribution in [1.82, 2.24) is 0 Å². The Kier molecular flexibility index (Phi) is 6.39. The third-order valence-electron chi connectivity index (χ3n) is 9.66. The molecule has 0 amide bonds. The molecule has 230 valence electrons. The summed E-state index contributed by atoms with van der Waals surface area (Å²) in [5, 5.41) is 7.36. The molecule has 0 aliphatic carbocycles. The van der Waals surface area contributed by atoms with Crippen LogP contribution in [-0.2, 0) is 0 Å². The van der Waals surface area contributed by atoms with Gasteiger partial charge in [0, 0.05) is 47.6 Å². The summed E-state index contributed by atoms with van der Waals surface area (Å²) >= 11 is 1.87. The van der Waals surface area contributed by atoms with E-state index >= 15 is 0 Å². The number of furan rings is 1. The molecule has 10 aromatic rings. The highest BCUT2D eigenvalue weighted by Crippen LogP contribution is 2.48. The topological polar surface area (TPSA) is 16.4 Å². The maximum Gasteiger partial charge on any atom is 0.159 e. The van der Waals surface area contributed by atoms with Gasteiger partial charge in [0.2, 0.25) is 0 Å². The number of anilines is 3. The monoisotopic (exact) mass is 643 g/mol. The standard InChI is InChI=1S/C46H29NOS/c1-3-14-30(15-4-1)33-18-9-11-23-41(33)47(42-24-13-22-37-35-20-10-12-25-43(35)48-45(37)42)32-26-27-36-40-29-39(31-16-5-2-6-17-31)34-19-7-8-21-38(34)46(40)49-44(36)28-32/h1-29H. The van der Waals surface area contributed by atoms with Gasteiger partial charge < -0.3 is 9.32 Å². The van der Waals surface area contributed by atoms with Gasteiger partial charge >= 0.3 is 0 Å². The highest BCUT2D eigenvalue weighted by molar-refractivity contribution is 7.26. The molecular formula is C46H29NOS. The van der Waals surface area contributed by atoms with Crippen LogP contribution in [-0.4, -0.2) is 0 Å². The molecule has 49 heavy (non-hydrogen) atoms. The van der Waals surface area contributed by atoms with Crippen LogP contribution < -0.4 is 4.90 Å². The minimum Gasteiger partial charge on any atom is -0.454 e. The van der Waals surface area contributed by atoms with Gasteiger partial charge in [-0.05, 0) is 58.5 Å². The zero-order valence-corrected chi connectivity index (χ0v) is 27.3. The Hall–Kier alpha value is -6.16. The molecule has 2 heterocycles. The second-order valence-electron chi connectivity index (χ2n) is 12.5. The number of thiophene rings is 1. The number of hydrogen-bond donors (Lipinski definition) is 0. The van der Waals surface area contributed by atoms with E-state index < -0.39 is 0 Å². The molecule has 0 saturated carbocycles. The first-order valence-corrected chi connectivity index (χ1v) is 17.4. The molecule has 10 rings (SSSR count). The van der Waals surface area contributed by atoms with E-state index in [4.69, 9.17) is 4.42 Å². The predicted molar refractivity (Wildman–Crippen MR) is 210 cm³/mol. The Bertz CT molecular complexity index is 2830. The molecular weight excluding hydrogens is 615 g/mol. The second kappa shape index (κ2) is 11.2. The molecule has 2 nitrogen and oxygen atoms in total. The third kappa shape index (κ3) is 4.47. The minimum absolute atomic E-state index is 0.876. The van der Waals surface area contributed by atoms with E-state index in [9.17, 15) is 0 Å². The Labute approximate surface area is 287 Å². The van der Waals surface area contributed by atoms with Crippen molar-refractivity contribution >= 4 is 81.3 Å². The van der Waals surface area contributed by atoms with Gasteiger partial charge in [-0.1, -0.05) is 140 Å². The van der Waals surface area contributed by atoms with Crippen molar-refractivity contribution in [3.63, 3.8) is 0 Å². The van der Waals surface area contributed by atoms with Gasteiger partial charge in [0.15, 0.2) is 5.58 Å². The molecule has 8 aromatic carbocycles. The summed E-state index contributed by atoms with van der Waals surface area (Å²) in [6.07, 6.45) is 0. The summed E-state index contributed by atoms with van der Waals surface area (Å²) in [6, 6.07) is 63.0. The molecule has 0 radical (unpaired) electrons. The zero-order chi connectivity index (χ0) is 32.3. The summed E-state index contributed by atoms with van der Waals surface area (Å²) < 4.78 is 9.22. The van der Waals surface area contributed by atoms with Crippen molar-refractivity contribution in [1.29, 1.82) is 0 Å². The van der Waals surface area contributed by atoms with Crippen LogP contribution in [0.15, 0.2) is 180 Å². The van der Waals surface area contributed by atoms with Gasteiger partial charge in [-0.3, -0.25) is 0 Å². The summed E-state index contributed by atoms with van der Waals surface area (Å²) in [6.45, 7) is 0. The van der Waals surface area contributed by atoms with Crippen molar-refractivity contribution in [2.45, 2.75) is 0 Å². The van der Waals surface area contributed by atoms with Crippen LogP contribution in [0.2, 0.25) is 0 Å². The van der Waals surface area contributed by atoms with Gasteiger partial charge in [-0.2, -0.15) is 0 Å². The molecule has 0 N–H and O–H groups in total. The molecule has 0 fully saturated rings. The smallest absolute Gasteiger partial charge is 0.159 e. The average molecular weight is 644 g/mol. The summed E-state index contributed by atoms with van der Waals surface area (Å²) in [5.41, 5.74) is 9.79. The van der Waals surface area contributed by atoms with E-state index in [0.717, 1.165) is 44.6 Å². The van der Waals surface area contributed by atoms with Crippen molar-refractivity contribution in [2.24, 2.45) is 0 Å². The van der Waals surface area contributed by atoms with Gasteiger partial charge in [0.1, 0.15) is 5.58 Å². The first-order valence-electron chi connectivity index (χ1n) is 16.6. The maximum atomic E-state index is 6.65. The lowest BCUT2D eigenvalue weighted by atomic mass is 9.95. The molecule has 0 aliphatic rings. The Morgan fingerprint density at radius 3 is 1.86 bits per heavy atom. The van der Waals surface area contributed by atoms with Crippen LogP contribution in [0, 0.1) is 0 Å². The van der Waals surface area contributed by atoms with Gasteiger partial charge in [0.05, 0.1) is 11.4 Å². The largest absolute Gasteiger partial charge is 0.454 e. The van der Waals surface area contributed by atoms with E-state index in [0.29, 0.717) is 0 Å². The fourth-order valence-electron chi connectivity index (χ4n) is 7.43. The van der Waals surface area contributed by atoms with Gasteiger partial charge in [-0.15, -0.1) is 11.3 Å². The number of fused-ring (bicyclic) bond motifs is 8. The van der Waals surface area contributed by atoms with Crippen LogP contribution in [0.4, 0.5) is 17.1 Å². The lowest BCUT2D eigenvalue weighted by Crippen LogP contribution is -2.11. The van der Waals surface area contributed by atoms with Gasteiger partial charge in [-0.25, -0.2) is 0 Å². The van der Waals surface area contributed by atoms with Crippen molar-refractivity contribution in [2.75, 3.05) is 4.90 Å². The SMILES string of the molecule is c1ccc(-c2ccccc2N(c2ccc3c(c2)sc2c4ccccc4c(-c4ccccc4)cc32)c2cccc3c2oc2ccccc23)cc1. The Morgan fingerprint density at radius 1 is 0.408 bits per heavy atom. The lowest BCUT2D eigenvalue weighted by molar-refractivity contribution is 0.669. The normalized spacial score (nSPS) is 11.7. The fraction of sp³-hybridized carbons (Fsp3) is 0. The number of para-hydroxylation sites is 3. The molecule has 0 aliphatic heterocycles. The summed E-state index contributed by atoms with van der Waals surface area (Å²) in [7, 11) is 0. The van der Waals surface area contributed by atoms with Crippen molar-refractivity contribution in [3.05, 3.63) is 176 Å². The number of rotatable bonds is 5. The van der Waals surface area contributed by atoms with Gasteiger partial charge in [0.25, 0.3) is 0 Å². The summed E-state index contributed by atoms with van der Waals surface area (Å²) in [4.78, 5) is 2.38. The van der Waals surface area contributed by atoms with E-state index in [1.165, 1.54) is 47.6 Å². The molecule has 0 bridgehead atoms. The van der Waals surface area contributed by atoms with Crippen LogP contribution in [0.5, 0.6) is 0 Å². The Morgan fingerprint density at radius 2 is 1.04 bits per heavy atom. The van der Waals surface area contributed by atoms with E-state index in [1.54, 1.807) is 0 Å². The first-order chi connectivity index (χ1) is 24.3. The minimum atomic E-state index is 0.876. The summed E-state index contributed by atoms with van der Waals surface area (Å²) in [5.74, 6) is 0. The van der Waals surface area contributed by atoms with Crippen LogP contribution in [0.1, 0.15) is 0 Å². The van der Waals surface area contributed by atoms with E-state index in [-0.39, 0.29) is 0 Å². The average Bonchev–Trinajstić information content (AvgIpc) is 3.74. The molecule has 0 saturated heterocycles. The molecule has 0 atom stereocenters. The fourth-order valence-corrected chi connectivity index (χ4v) is 8.68. The number of benzene rings is 8. The lowest BCUT2D eigenvalue weighted by Gasteiger charge is -2.28. The highest BCUT2D eigenvalue weighted by atomic mass is 32.1. The molecule has 3 heteroatoms. The third-order valence-corrected chi connectivity index (χ3v) is 10.9. The van der Waals surface area contributed by atoms with E-state index in [2.05, 4.69) is 175 Å². The quantitative estimate of drug-likeness (QED) is 0.186. The van der Waals surface area contributed by atoms with Crippen molar-refractivity contribution < 1.29 is 4.42 Å². The molecule has 2 aromatic heterocycles.